The van der Waals surface area contributed by atoms with Crippen molar-refractivity contribution in [1.82, 2.24) is 4.90 Å². The highest BCUT2D eigenvalue weighted by molar-refractivity contribution is 5.85. The lowest BCUT2D eigenvalue weighted by molar-refractivity contribution is -0.125. The third-order valence-electron chi connectivity index (χ3n) is 1.91. The average molecular weight is 215 g/mol. The zero-order valence-corrected chi connectivity index (χ0v) is 9.32. The lowest BCUT2D eigenvalue weighted by Crippen LogP contribution is -2.48. The summed E-state index contributed by atoms with van der Waals surface area (Å²) < 4.78 is 5.10. The summed E-state index contributed by atoms with van der Waals surface area (Å²) in [4.78, 5) is 23.9. The number of ether oxygens (including phenoxy) is 1. The quantitative estimate of drug-likeness (QED) is 0.641. The highest BCUT2D eigenvalue weighted by atomic mass is 16.6. The van der Waals surface area contributed by atoms with Crippen molar-refractivity contribution < 1.29 is 19.4 Å². The summed E-state index contributed by atoms with van der Waals surface area (Å²) in [5.41, 5.74) is -0.581. The molecule has 0 radical (unpaired) electrons. The number of carbonyl (C=O) groups excluding carboxylic acids is 2. The monoisotopic (exact) mass is 215 g/mol. The molecule has 0 saturated carbocycles. The molecule has 0 bridgehead atoms. The van der Waals surface area contributed by atoms with Gasteiger partial charge in [0, 0.05) is 6.42 Å². The Morgan fingerprint density at radius 1 is 1.53 bits per heavy atom. The fourth-order valence-electron chi connectivity index (χ4n) is 1.39. The van der Waals surface area contributed by atoms with Gasteiger partial charge in [-0.25, -0.2) is 4.79 Å². The van der Waals surface area contributed by atoms with Gasteiger partial charge in [0.25, 0.3) is 0 Å². The van der Waals surface area contributed by atoms with E-state index in [0.717, 1.165) is 0 Å². The first-order valence-electron chi connectivity index (χ1n) is 4.95. The molecule has 1 unspecified atom stereocenters. The molecule has 1 N–H and O–H groups in total. The minimum Gasteiger partial charge on any atom is -0.444 e. The van der Waals surface area contributed by atoms with Gasteiger partial charge in [0.1, 0.15) is 5.60 Å². The van der Waals surface area contributed by atoms with Crippen molar-refractivity contribution in [2.75, 3.05) is 13.1 Å². The minimum absolute atomic E-state index is 0.0337. The van der Waals surface area contributed by atoms with Gasteiger partial charge >= 0.3 is 6.09 Å². The van der Waals surface area contributed by atoms with Crippen molar-refractivity contribution in [1.29, 1.82) is 0 Å². The number of ketones is 1. The lowest BCUT2D eigenvalue weighted by Gasteiger charge is -2.31. The van der Waals surface area contributed by atoms with Crippen LogP contribution in [-0.4, -0.2) is 46.7 Å². The number of hydrogen-bond acceptors (Lipinski definition) is 4. The molecular formula is C10H17NO4. The topological polar surface area (TPSA) is 66.8 Å². The fraction of sp³-hybridized carbons (Fsp3) is 0.800. The maximum atomic E-state index is 11.5. The van der Waals surface area contributed by atoms with E-state index in [1.54, 1.807) is 20.8 Å². The van der Waals surface area contributed by atoms with Crippen molar-refractivity contribution >= 4 is 11.9 Å². The number of likely N-dealkylation sites (tertiary alicyclic amines) is 1. The van der Waals surface area contributed by atoms with Crippen LogP contribution in [0.4, 0.5) is 4.79 Å². The van der Waals surface area contributed by atoms with E-state index in [-0.39, 0.29) is 25.3 Å². The first-order chi connectivity index (χ1) is 6.78. The Morgan fingerprint density at radius 3 is 2.60 bits per heavy atom. The molecule has 1 saturated heterocycles. The van der Waals surface area contributed by atoms with Crippen molar-refractivity contribution in [2.45, 2.75) is 38.9 Å². The summed E-state index contributed by atoms with van der Waals surface area (Å²) in [7, 11) is 0. The molecule has 1 atom stereocenters. The highest BCUT2D eigenvalue weighted by Crippen LogP contribution is 2.13. The molecular weight excluding hydrogens is 198 g/mol. The second kappa shape index (κ2) is 4.18. The molecule has 1 heterocycles. The predicted octanol–water partition coefficient (Wildman–Crippen LogP) is 0.557. The van der Waals surface area contributed by atoms with Crippen molar-refractivity contribution in [2.24, 2.45) is 0 Å². The van der Waals surface area contributed by atoms with E-state index < -0.39 is 17.8 Å². The molecule has 5 nitrogen and oxygen atoms in total. The first kappa shape index (κ1) is 12.0. The molecule has 86 valence electrons. The van der Waals surface area contributed by atoms with E-state index in [9.17, 15) is 14.7 Å². The van der Waals surface area contributed by atoms with Gasteiger partial charge in [0.05, 0.1) is 19.2 Å². The number of nitrogens with zero attached hydrogens (tertiary/aromatic N) is 1. The summed E-state index contributed by atoms with van der Waals surface area (Å²) >= 11 is 0. The smallest absolute Gasteiger partial charge is 0.410 e. The van der Waals surface area contributed by atoms with Crippen LogP contribution in [0.1, 0.15) is 27.2 Å². The van der Waals surface area contributed by atoms with Crippen LogP contribution in [0, 0.1) is 0 Å². The number of β-amino-alcohol motifs (C(OH)–C–C–N with tert-alkyl or cyclic N) is 1. The zero-order valence-electron chi connectivity index (χ0n) is 9.32. The fourth-order valence-corrected chi connectivity index (χ4v) is 1.39. The van der Waals surface area contributed by atoms with E-state index in [1.807, 2.05) is 0 Å². The number of hydrogen-bond donors (Lipinski definition) is 1. The molecule has 0 aliphatic carbocycles. The van der Waals surface area contributed by atoms with Crippen LogP contribution in [0.3, 0.4) is 0 Å². The summed E-state index contributed by atoms with van der Waals surface area (Å²) in [6, 6.07) is 0. The highest BCUT2D eigenvalue weighted by Gasteiger charge is 2.30. The number of aliphatic hydroxyl groups excluding tert-OH is 1. The summed E-state index contributed by atoms with van der Waals surface area (Å²) in [6.45, 7) is 5.47. The molecule has 1 amide bonds. The largest absolute Gasteiger partial charge is 0.444 e. The number of Topliss-reactive ketones (excluding diaryl/α,β-unsaturated/α-hetero) is 1. The Balaban J connectivity index is 2.56. The van der Waals surface area contributed by atoms with Crippen LogP contribution < -0.4 is 0 Å². The van der Waals surface area contributed by atoms with Crippen molar-refractivity contribution in [3.05, 3.63) is 0 Å². The molecule has 1 aliphatic heterocycles. The number of carbonyl (C=O) groups is 2. The van der Waals surface area contributed by atoms with Gasteiger partial charge in [-0.1, -0.05) is 0 Å². The number of piperidine rings is 1. The molecule has 0 spiro atoms. The molecule has 0 aromatic rings. The molecule has 1 fully saturated rings. The van der Waals surface area contributed by atoms with Gasteiger partial charge in [0.2, 0.25) is 0 Å². The van der Waals surface area contributed by atoms with Gasteiger partial charge in [-0.3, -0.25) is 9.69 Å². The maximum Gasteiger partial charge on any atom is 0.410 e. The van der Waals surface area contributed by atoms with Crippen LogP contribution in [0.15, 0.2) is 0 Å². The molecule has 5 heteroatoms. The Morgan fingerprint density at radius 2 is 2.13 bits per heavy atom. The number of aliphatic hydroxyl groups is 1. The standard InChI is InChI=1S/C10H17NO4/c1-10(2,3)15-9(14)11-5-7(12)4-8(13)6-11/h7,12H,4-6H2,1-3H3. The number of rotatable bonds is 0. The predicted molar refractivity (Wildman–Crippen MR) is 53.4 cm³/mol. The van der Waals surface area contributed by atoms with Gasteiger partial charge in [-0.05, 0) is 20.8 Å². The van der Waals surface area contributed by atoms with Gasteiger partial charge in [-0.15, -0.1) is 0 Å². The first-order valence-corrected chi connectivity index (χ1v) is 4.95. The summed E-state index contributed by atoms with van der Waals surface area (Å²) in [6.07, 6.45) is -1.19. The second-order valence-corrected chi connectivity index (χ2v) is 4.76. The SMILES string of the molecule is CC(C)(C)OC(=O)N1CC(=O)CC(O)C1. The molecule has 15 heavy (non-hydrogen) atoms. The van der Waals surface area contributed by atoms with Crippen LogP contribution in [-0.2, 0) is 9.53 Å². The van der Waals surface area contributed by atoms with Crippen molar-refractivity contribution in [3.63, 3.8) is 0 Å². The van der Waals surface area contributed by atoms with E-state index in [2.05, 4.69) is 0 Å². The third kappa shape index (κ3) is 3.87. The summed E-state index contributed by atoms with van der Waals surface area (Å²) in [5, 5.41) is 9.33. The summed E-state index contributed by atoms with van der Waals surface area (Å²) in [5.74, 6) is -0.139. The molecule has 1 aliphatic rings. The Labute approximate surface area is 89.0 Å². The Bertz CT molecular complexity index is 269. The molecule has 1 rings (SSSR count). The van der Waals surface area contributed by atoms with E-state index >= 15 is 0 Å². The van der Waals surface area contributed by atoms with Crippen molar-refractivity contribution in [3.8, 4) is 0 Å². The maximum absolute atomic E-state index is 11.5. The average Bonchev–Trinajstić information content (AvgIpc) is 1.98. The van der Waals surface area contributed by atoms with Gasteiger partial charge in [0.15, 0.2) is 5.78 Å². The number of amides is 1. The van der Waals surface area contributed by atoms with Crippen LogP contribution >= 0.6 is 0 Å². The molecule has 0 aromatic carbocycles. The van der Waals surface area contributed by atoms with E-state index in [0.29, 0.717) is 0 Å². The Hall–Kier alpha value is -1.10. The van der Waals surface area contributed by atoms with Crippen LogP contribution in [0.2, 0.25) is 0 Å². The normalized spacial score (nSPS) is 22.8. The molecule has 0 aromatic heterocycles. The second-order valence-electron chi connectivity index (χ2n) is 4.76. The van der Waals surface area contributed by atoms with Gasteiger partial charge in [-0.2, -0.15) is 0 Å². The van der Waals surface area contributed by atoms with E-state index in [1.165, 1.54) is 4.90 Å². The minimum atomic E-state index is -0.765. The van der Waals surface area contributed by atoms with E-state index in [4.69, 9.17) is 4.74 Å². The lowest BCUT2D eigenvalue weighted by atomic mass is 10.1. The third-order valence-corrected chi connectivity index (χ3v) is 1.91. The Kier molecular flexibility index (Phi) is 3.34. The zero-order chi connectivity index (χ0) is 11.6. The van der Waals surface area contributed by atoms with Crippen LogP contribution in [0.5, 0.6) is 0 Å². The van der Waals surface area contributed by atoms with Crippen LogP contribution in [0.25, 0.3) is 0 Å². The van der Waals surface area contributed by atoms with Gasteiger partial charge < -0.3 is 9.84 Å².